The van der Waals surface area contributed by atoms with Crippen molar-refractivity contribution in [2.24, 2.45) is 5.92 Å². The minimum Gasteiger partial charge on any atom is -0.481 e. The molecule has 1 rings (SSSR count). The van der Waals surface area contributed by atoms with Crippen LogP contribution >= 0.6 is 0 Å². The maximum Gasteiger partial charge on any atom is 0.349 e. The third-order valence-corrected chi connectivity index (χ3v) is 4.57. The molecule has 1 saturated heterocycles. The molecule has 1 heterocycles. The van der Waals surface area contributed by atoms with Gasteiger partial charge < -0.3 is 14.9 Å². The van der Waals surface area contributed by atoms with Crippen molar-refractivity contribution in [2.45, 2.75) is 83.2 Å². The van der Waals surface area contributed by atoms with E-state index in [4.69, 9.17) is 4.74 Å². The Kier molecular flexibility index (Phi) is 8.06. The van der Waals surface area contributed by atoms with Crippen molar-refractivity contribution in [1.29, 1.82) is 0 Å². The summed E-state index contributed by atoms with van der Waals surface area (Å²) in [4.78, 5) is 34.3. The number of aliphatic carboxylic acids is 2. The van der Waals surface area contributed by atoms with Crippen LogP contribution in [0.15, 0.2) is 0 Å². The summed E-state index contributed by atoms with van der Waals surface area (Å²) in [6.45, 7) is 2.17. The molecule has 1 aliphatic rings. The Morgan fingerprint density at radius 3 is 2.09 bits per heavy atom. The van der Waals surface area contributed by atoms with Gasteiger partial charge in [0.2, 0.25) is 5.60 Å². The smallest absolute Gasteiger partial charge is 0.349 e. The van der Waals surface area contributed by atoms with E-state index in [0.717, 1.165) is 19.3 Å². The number of cyclic esters (lactones) is 1. The Labute approximate surface area is 137 Å². The lowest BCUT2D eigenvalue weighted by molar-refractivity contribution is -0.182. The highest BCUT2D eigenvalue weighted by Gasteiger charge is 2.56. The summed E-state index contributed by atoms with van der Waals surface area (Å²) in [5.41, 5.74) is -1.88. The number of carboxylic acids is 2. The van der Waals surface area contributed by atoms with E-state index in [9.17, 15) is 24.6 Å². The summed E-state index contributed by atoms with van der Waals surface area (Å²) < 4.78 is 4.94. The molecule has 2 N–H and O–H groups in total. The Morgan fingerprint density at radius 1 is 1.09 bits per heavy atom. The second kappa shape index (κ2) is 9.53. The largest absolute Gasteiger partial charge is 0.481 e. The number of hydrogen-bond acceptors (Lipinski definition) is 4. The first-order chi connectivity index (χ1) is 10.9. The maximum atomic E-state index is 11.5. The van der Waals surface area contributed by atoms with Crippen LogP contribution in [-0.2, 0) is 19.1 Å². The summed E-state index contributed by atoms with van der Waals surface area (Å²) in [5.74, 6) is -4.36. The fourth-order valence-electron chi connectivity index (χ4n) is 3.18. The van der Waals surface area contributed by atoms with Gasteiger partial charge >= 0.3 is 17.9 Å². The summed E-state index contributed by atoms with van der Waals surface area (Å²) in [5, 5.41) is 18.8. The van der Waals surface area contributed by atoms with Crippen LogP contribution in [0.2, 0.25) is 0 Å². The van der Waals surface area contributed by atoms with E-state index in [2.05, 4.69) is 6.92 Å². The number of carbonyl (C=O) groups excluding carboxylic acids is 1. The second-order valence-corrected chi connectivity index (χ2v) is 6.32. The van der Waals surface area contributed by atoms with E-state index < -0.39 is 29.4 Å². The molecule has 0 bridgehead atoms. The van der Waals surface area contributed by atoms with Gasteiger partial charge in [-0.2, -0.15) is 0 Å². The maximum absolute atomic E-state index is 11.5. The molecule has 0 spiro atoms. The number of ether oxygens (including phenoxy) is 1. The van der Waals surface area contributed by atoms with E-state index in [0.29, 0.717) is 6.42 Å². The number of carboxylic acid groups (broad SMARTS) is 2. The van der Waals surface area contributed by atoms with Crippen molar-refractivity contribution < 1.29 is 29.3 Å². The van der Waals surface area contributed by atoms with Crippen LogP contribution in [-0.4, -0.2) is 33.7 Å². The van der Waals surface area contributed by atoms with Crippen LogP contribution in [0.25, 0.3) is 0 Å². The van der Waals surface area contributed by atoms with E-state index in [-0.39, 0.29) is 19.3 Å². The second-order valence-electron chi connectivity index (χ2n) is 6.32. The van der Waals surface area contributed by atoms with Crippen LogP contribution in [0, 0.1) is 5.92 Å². The molecule has 132 valence electrons. The molecule has 6 heteroatoms. The van der Waals surface area contributed by atoms with Crippen LogP contribution in [0.1, 0.15) is 77.6 Å². The quantitative estimate of drug-likeness (QED) is 0.421. The number of esters is 1. The van der Waals surface area contributed by atoms with Crippen molar-refractivity contribution in [3.63, 3.8) is 0 Å². The first-order valence-corrected chi connectivity index (χ1v) is 8.62. The molecule has 6 nitrogen and oxygen atoms in total. The molecule has 0 aromatic heterocycles. The molecule has 23 heavy (non-hydrogen) atoms. The number of carbonyl (C=O) groups is 3. The van der Waals surface area contributed by atoms with Gasteiger partial charge in [-0.3, -0.25) is 9.59 Å². The normalized spacial score (nSPS) is 21.9. The summed E-state index contributed by atoms with van der Waals surface area (Å²) in [6.07, 6.45) is 8.65. The van der Waals surface area contributed by atoms with Crippen molar-refractivity contribution >= 4 is 17.9 Å². The highest BCUT2D eigenvalue weighted by molar-refractivity contribution is 5.90. The van der Waals surface area contributed by atoms with Crippen molar-refractivity contribution in [2.75, 3.05) is 0 Å². The topological polar surface area (TPSA) is 101 Å². The Hall–Kier alpha value is -1.59. The number of hydrogen-bond donors (Lipinski definition) is 2. The fraction of sp³-hybridized carbons (Fsp3) is 0.824. The molecule has 0 aromatic rings. The zero-order valence-electron chi connectivity index (χ0n) is 13.9. The van der Waals surface area contributed by atoms with Gasteiger partial charge in [-0.1, -0.05) is 58.3 Å². The van der Waals surface area contributed by atoms with Crippen LogP contribution in [0.3, 0.4) is 0 Å². The lowest BCUT2D eigenvalue weighted by Crippen LogP contribution is -2.49. The van der Waals surface area contributed by atoms with Crippen molar-refractivity contribution in [3.05, 3.63) is 0 Å². The molecule has 1 fully saturated rings. The van der Waals surface area contributed by atoms with Gasteiger partial charge in [-0.15, -0.1) is 0 Å². The summed E-state index contributed by atoms with van der Waals surface area (Å²) >= 11 is 0. The fourth-order valence-corrected chi connectivity index (χ4v) is 3.18. The molecule has 0 aliphatic carbocycles. The van der Waals surface area contributed by atoms with E-state index >= 15 is 0 Å². The molecular formula is C17H28O6. The minimum absolute atomic E-state index is 0.0342. The predicted octanol–water partition coefficient (Wildman–Crippen LogP) is 3.38. The molecular weight excluding hydrogens is 300 g/mol. The monoisotopic (exact) mass is 328 g/mol. The van der Waals surface area contributed by atoms with Gasteiger partial charge in [-0.05, 0) is 6.42 Å². The minimum atomic E-state index is -1.88. The standard InChI is InChI=1S/C17H28O6/c1-2-3-4-5-6-7-8-9-10-13(15(19)20)17(16(21)22)12-11-14(18)23-17/h13H,2-12H2,1H3,(H,19,20)(H,21,22)/t13?,17-/m0/s1. The molecule has 1 unspecified atom stereocenters. The Balaban J connectivity index is 2.44. The first-order valence-electron chi connectivity index (χ1n) is 8.62. The zero-order valence-corrected chi connectivity index (χ0v) is 13.9. The van der Waals surface area contributed by atoms with E-state index in [1.807, 2.05) is 0 Å². The van der Waals surface area contributed by atoms with E-state index in [1.165, 1.54) is 25.7 Å². The third-order valence-electron chi connectivity index (χ3n) is 4.57. The van der Waals surface area contributed by atoms with Crippen molar-refractivity contribution in [3.8, 4) is 0 Å². The molecule has 1 aliphatic heterocycles. The number of unbranched alkanes of at least 4 members (excludes halogenated alkanes) is 7. The van der Waals surface area contributed by atoms with Crippen LogP contribution < -0.4 is 0 Å². The SMILES string of the molecule is CCCCCCCCCCC(C(=O)O)[C@]1(C(=O)O)CCC(=O)O1. The van der Waals surface area contributed by atoms with Crippen LogP contribution in [0.4, 0.5) is 0 Å². The lowest BCUT2D eigenvalue weighted by Gasteiger charge is -2.29. The molecule has 0 radical (unpaired) electrons. The first kappa shape index (κ1) is 19.5. The summed E-state index contributed by atoms with van der Waals surface area (Å²) in [6, 6.07) is 0. The average molecular weight is 328 g/mol. The van der Waals surface area contributed by atoms with Gasteiger partial charge in [-0.25, -0.2) is 4.79 Å². The molecule has 2 atom stereocenters. The van der Waals surface area contributed by atoms with Gasteiger partial charge in [0.05, 0.1) is 0 Å². The van der Waals surface area contributed by atoms with Crippen molar-refractivity contribution in [1.82, 2.24) is 0 Å². The highest BCUT2D eigenvalue weighted by Crippen LogP contribution is 2.37. The van der Waals surface area contributed by atoms with Gasteiger partial charge in [0.1, 0.15) is 5.92 Å². The van der Waals surface area contributed by atoms with Crippen LogP contribution in [0.5, 0.6) is 0 Å². The van der Waals surface area contributed by atoms with E-state index in [1.54, 1.807) is 0 Å². The highest BCUT2D eigenvalue weighted by atomic mass is 16.6. The lowest BCUT2D eigenvalue weighted by atomic mass is 9.81. The molecule has 0 amide bonds. The number of rotatable bonds is 12. The summed E-state index contributed by atoms with van der Waals surface area (Å²) in [7, 11) is 0. The van der Waals surface area contributed by atoms with Gasteiger partial charge in [0.15, 0.2) is 0 Å². The molecule has 0 saturated carbocycles. The van der Waals surface area contributed by atoms with Gasteiger partial charge in [0, 0.05) is 12.8 Å². The predicted molar refractivity (Wildman–Crippen MR) is 84.0 cm³/mol. The Bertz CT molecular complexity index is 419. The zero-order chi connectivity index (χ0) is 17.3. The Morgan fingerprint density at radius 2 is 1.65 bits per heavy atom. The van der Waals surface area contributed by atoms with Gasteiger partial charge in [0.25, 0.3) is 0 Å². The third kappa shape index (κ3) is 5.52. The average Bonchev–Trinajstić information content (AvgIpc) is 2.88. The molecule has 0 aromatic carbocycles.